The average molecular weight is 358 g/mol. The highest BCUT2D eigenvalue weighted by Crippen LogP contribution is 2.21. The Balaban J connectivity index is 1.92. The van der Waals surface area contributed by atoms with E-state index >= 15 is 0 Å². The van der Waals surface area contributed by atoms with E-state index in [2.05, 4.69) is 15.9 Å². The van der Waals surface area contributed by atoms with Gasteiger partial charge in [0.2, 0.25) is 5.91 Å². The van der Waals surface area contributed by atoms with Crippen LogP contribution in [0.15, 0.2) is 22.7 Å². The third-order valence-electron chi connectivity index (χ3n) is 3.74. The molecule has 0 aliphatic carbocycles. The number of nitrogens with zero attached hydrogens (tertiary/aromatic N) is 1. The number of piperidine rings is 1. The minimum Gasteiger partial charge on any atom is -0.481 e. The van der Waals surface area contributed by atoms with Gasteiger partial charge in [-0.3, -0.25) is 9.59 Å². The van der Waals surface area contributed by atoms with Crippen molar-refractivity contribution in [2.24, 2.45) is 5.92 Å². The minimum atomic E-state index is -0.847. The summed E-state index contributed by atoms with van der Waals surface area (Å²) in [5, 5.41) is 9.03. The van der Waals surface area contributed by atoms with Crippen LogP contribution in [-0.2, 0) is 16.0 Å². The Morgan fingerprint density at radius 1 is 1.43 bits per heavy atom. The van der Waals surface area contributed by atoms with E-state index in [0.717, 1.165) is 10.0 Å². The molecule has 0 aromatic heterocycles. The van der Waals surface area contributed by atoms with Crippen molar-refractivity contribution < 1.29 is 19.1 Å². The topological polar surface area (TPSA) is 57.6 Å². The molecule has 21 heavy (non-hydrogen) atoms. The van der Waals surface area contributed by atoms with Crippen LogP contribution < -0.4 is 0 Å². The fourth-order valence-corrected chi connectivity index (χ4v) is 2.98. The number of benzene rings is 1. The van der Waals surface area contributed by atoms with Crippen LogP contribution in [0.1, 0.15) is 24.8 Å². The second-order valence-electron chi connectivity index (χ2n) is 5.25. The van der Waals surface area contributed by atoms with E-state index in [4.69, 9.17) is 5.11 Å². The summed E-state index contributed by atoms with van der Waals surface area (Å²) in [4.78, 5) is 24.8. The number of hydrogen-bond donors (Lipinski definition) is 1. The number of aryl methyl sites for hydroxylation is 1. The van der Waals surface area contributed by atoms with E-state index in [1.807, 2.05) is 0 Å². The highest BCUT2D eigenvalue weighted by atomic mass is 79.9. The summed E-state index contributed by atoms with van der Waals surface area (Å²) in [5.74, 6) is -1.72. The highest BCUT2D eigenvalue weighted by Gasteiger charge is 2.27. The normalized spacial score (nSPS) is 18.6. The molecule has 1 fully saturated rings. The largest absolute Gasteiger partial charge is 0.481 e. The third-order valence-corrected chi connectivity index (χ3v) is 4.51. The zero-order valence-corrected chi connectivity index (χ0v) is 13.1. The Bertz CT molecular complexity index is 550. The predicted molar refractivity (Wildman–Crippen MR) is 79.4 cm³/mol. The standard InChI is InChI=1S/C15H17BrFNO3/c16-13-5-4-12(17)8-10(13)3-6-14(19)18-7-1-2-11(9-18)15(20)21/h4-5,8,11H,1-3,6-7,9H2,(H,20,21). The number of likely N-dealkylation sites (tertiary alicyclic amines) is 1. The van der Waals surface area contributed by atoms with Gasteiger partial charge in [0.15, 0.2) is 0 Å². The predicted octanol–water partition coefficient (Wildman–Crippen LogP) is 2.84. The molecule has 1 aromatic carbocycles. The molecule has 1 aliphatic rings. The van der Waals surface area contributed by atoms with Crippen molar-refractivity contribution >= 4 is 27.8 Å². The smallest absolute Gasteiger partial charge is 0.308 e. The number of carbonyl (C=O) groups excluding carboxylic acids is 1. The van der Waals surface area contributed by atoms with E-state index in [1.54, 1.807) is 11.0 Å². The lowest BCUT2D eigenvalue weighted by molar-refractivity contribution is -0.145. The van der Waals surface area contributed by atoms with Crippen molar-refractivity contribution in [2.45, 2.75) is 25.7 Å². The number of amides is 1. The van der Waals surface area contributed by atoms with Gasteiger partial charge in [-0.25, -0.2) is 4.39 Å². The number of rotatable bonds is 4. The van der Waals surface area contributed by atoms with Gasteiger partial charge in [0.25, 0.3) is 0 Å². The zero-order chi connectivity index (χ0) is 15.4. The van der Waals surface area contributed by atoms with Gasteiger partial charge in [-0.2, -0.15) is 0 Å². The van der Waals surface area contributed by atoms with Crippen molar-refractivity contribution in [1.82, 2.24) is 4.90 Å². The first kappa shape index (κ1) is 15.9. The lowest BCUT2D eigenvalue weighted by atomic mass is 9.97. The van der Waals surface area contributed by atoms with Crippen molar-refractivity contribution in [1.29, 1.82) is 0 Å². The maximum Gasteiger partial charge on any atom is 0.308 e. The zero-order valence-electron chi connectivity index (χ0n) is 11.5. The summed E-state index contributed by atoms with van der Waals surface area (Å²) in [7, 11) is 0. The molecule has 6 heteroatoms. The molecule has 0 saturated carbocycles. The first-order valence-electron chi connectivity index (χ1n) is 6.92. The number of carboxylic acids is 1. The molecule has 1 aliphatic heterocycles. The molecule has 2 rings (SSSR count). The van der Waals surface area contributed by atoms with Crippen LogP contribution >= 0.6 is 15.9 Å². The number of carbonyl (C=O) groups is 2. The SMILES string of the molecule is O=C(O)C1CCCN(C(=O)CCc2cc(F)ccc2Br)C1. The van der Waals surface area contributed by atoms with Crippen LogP contribution in [0, 0.1) is 11.7 Å². The average Bonchev–Trinajstić information content (AvgIpc) is 2.48. The molecule has 1 saturated heterocycles. The van der Waals surface area contributed by atoms with Gasteiger partial charge in [0.05, 0.1) is 5.92 Å². The fraction of sp³-hybridized carbons (Fsp3) is 0.467. The monoisotopic (exact) mass is 357 g/mol. The molecule has 4 nitrogen and oxygen atoms in total. The second kappa shape index (κ2) is 7.02. The molecule has 1 aromatic rings. The quantitative estimate of drug-likeness (QED) is 0.901. The van der Waals surface area contributed by atoms with Crippen LogP contribution in [0.2, 0.25) is 0 Å². The van der Waals surface area contributed by atoms with Gasteiger partial charge < -0.3 is 10.0 Å². The number of hydrogen-bond acceptors (Lipinski definition) is 2. The summed E-state index contributed by atoms with van der Waals surface area (Å²) in [6.45, 7) is 0.880. The minimum absolute atomic E-state index is 0.0721. The molecule has 1 amide bonds. The van der Waals surface area contributed by atoms with Gasteiger partial charge >= 0.3 is 5.97 Å². The summed E-state index contributed by atoms with van der Waals surface area (Å²) in [6, 6.07) is 4.39. The number of aliphatic carboxylic acids is 1. The molecule has 0 spiro atoms. The van der Waals surface area contributed by atoms with E-state index in [9.17, 15) is 14.0 Å². The summed E-state index contributed by atoms with van der Waals surface area (Å²) in [5.41, 5.74) is 0.746. The second-order valence-corrected chi connectivity index (χ2v) is 6.11. The van der Waals surface area contributed by atoms with E-state index in [1.165, 1.54) is 12.1 Å². The summed E-state index contributed by atoms with van der Waals surface area (Å²) < 4.78 is 14.0. The molecule has 114 valence electrons. The van der Waals surface area contributed by atoms with Gasteiger partial charge in [-0.15, -0.1) is 0 Å². The van der Waals surface area contributed by atoms with Crippen LogP contribution in [0.4, 0.5) is 4.39 Å². The highest BCUT2D eigenvalue weighted by molar-refractivity contribution is 9.10. The van der Waals surface area contributed by atoms with Gasteiger partial charge in [-0.05, 0) is 43.0 Å². The molecule has 1 heterocycles. The van der Waals surface area contributed by atoms with Crippen LogP contribution in [0.5, 0.6) is 0 Å². The molecule has 0 radical (unpaired) electrons. The van der Waals surface area contributed by atoms with Crippen molar-refractivity contribution in [3.63, 3.8) is 0 Å². The maximum absolute atomic E-state index is 13.2. The van der Waals surface area contributed by atoms with E-state index in [-0.39, 0.29) is 24.7 Å². The lowest BCUT2D eigenvalue weighted by Crippen LogP contribution is -2.42. The number of carboxylic acid groups (broad SMARTS) is 1. The van der Waals surface area contributed by atoms with Crippen LogP contribution in [-0.4, -0.2) is 35.0 Å². The fourth-order valence-electron chi connectivity index (χ4n) is 2.54. The van der Waals surface area contributed by atoms with Crippen molar-refractivity contribution in [3.8, 4) is 0 Å². The Morgan fingerprint density at radius 3 is 2.90 bits per heavy atom. The Morgan fingerprint density at radius 2 is 2.19 bits per heavy atom. The molecule has 1 unspecified atom stereocenters. The summed E-state index contributed by atoms with van der Waals surface area (Å²) in [6.07, 6.45) is 2.03. The van der Waals surface area contributed by atoms with Gasteiger partial charge in [-0.1, -0.05) is 15.9 Å². The molecular weight excluding hydrogens is 341 g/mol. The van der Waals surface area contributed by atoms with Gasteiger partial charge in [0, 0.05) is 24.0 Å². The first-order valence-corrected chi connectivity index (χ1v) is 7.71. The van der Waals surface area contributed by atoms with Gasteiger partial charge in [0.1, 0.15) is 5.82 Å². The van der Waals surface area contributed by atoms with Crippen molar-refractivity contribution in [3.05, 3.63) is 34.1 Å². The number of halogens is 2. The Labute approximate surface area is 131 Å². The maximum atomic E-state index is 13.2. The van der Waals surface area contributed by atoms with E-state index < -0.39 is 11.9 Å². The molecular formula is C15H17BrFNO3. The lowest BCUT2D eigenvalue weighted by Gasteiger charge is -2.30. The van der Waals surface area contributed by atoms with E-state index in [0.29, 0.717) is 25.8 Å². The van der Waals surface area contributed by atoms with Crippen molar-refractivity contribution in [2.75, 3.05) is 13.1 Å². The molecule has 1 atom stereocenters. The Hall–Kier alpha value is -1.43. The van der Waals surface area contributed by atoms with Crippen LogP contribution in [0.3, 0.4) is 0 Å². The molecule has 1 N–H and O–H groups in total. The van der Waals surface area contributed by atoms with Crippen LogP contribution in [0.25, 0.3) is 0 Å². The first-order chi connectivity index (χ1) is 9.97. The third kappa shape index (κ3) is 4.27. The summed E-state index contributed by atoms with van der Waals surface area (Å²) >= 11 is 3.34. The molecule has 0 bridgehead atoms. The Kier molecular flexibility index (Phi) is 5.33.